The molecule has 3 heteroatoms. The number of rotatable bonds is 2. The Bertz CT molecular complexity index is 738. The van der Waals surface area contributed by atoms with Crippen molar-refractivity contribution >= 4 is 16.6 Å². The van der Waals surface area contributed by atoms with E-state index < -0.39 is 0 Å². The number of nitrogens with two attached hydrogens (primary N) is 1. The smallest absolute Gasteiger partial charge is 0.151 e. The molecule has 0 aliphatic heterocycles. The van der Waals surface area contributed by atoms with Gasteiger partial charge in [0.2, 0.25) is 0 Å². The van der Waals surface area contributed by atoms with E-state index in [0.29, 0.717) is 11.4 Å². The monoisotopic (exact) mass is 250 g/mol. The van der Waals surface area contributed by atoms with Gasteiger partial charge in [0.05, 0.1) is 11.2 Å². The zero-order valence-electron chi connectivity index (χ0n) is 10.6. The largest absolute Gasteiger partial charge is 0.455 e. The lowest BCUT2D eigenvalue weighted by atomic mass is 10.1. The molecule has 3 nitrogen and oxygen atoms in total. The number of hydrogen-bond donors (Lipinski definition) is 1. The quantitative estimate of drug-likeness (QED) is 0.701. The van der Waals surface area contributed by atoms with Crippen LogP contribution in [0, 0.1) is 6.92 Å². The number of aryl methyl sites for hydroxylation is 1. The van der Waals surface area contributed by atoms with Crippen molar-refractivity contribution in [2.45, 2.75) is 6.92 Å². The Morgan fingerprint density at radius 1 is 1.05 bits per heavy atom. The molecule has 2 N–H and O–H groups in total. The Morgan fingerprint density at radius 2 is 1.95 bits per heavy atom. The van der Waals surface area contributed by atoms with Crippen LogP contribution in [0.5, 0.6) is 11.5 Å². The molecule has 0 bridgehead atoms. The van der Waals surface area contributed by atoms with Crippen LogP contribution in [0.4, 0.5) is 5.69 Å². The normalized spacial score (nSPS) is 10.6. The van der Waals surface area contributed by atoms with Gasteiger partial charge in [-0.2, -0.15) is 0 Å². The number of anilines is 1. The SMILES string of the molecule is Cc1cccc(Oc2ccc3ncccc3c2N)c1. The number of nitrogens with zero attached hydrogens (tertiary/aromatic N) is 1. The van der Waals surface area contributed by atoms with Crippen molar-refractivity contribution < 1.29 is 4.74 Å². The van der Waals surface area contributed by atoms with Gasteiger partial charge in [0.15, 0.2) is 5.75 Å². The standard InChI is InChI=1S/C16H14N2O/c1-11-4-2-5-12(10-11)19-15-8-7-14-13(16(15)17)6-3-9-18-14/h2-10H,17H2,1H3. The molecule has 0 aliphatic rings. The first kappa shape index (κ1) is 11.5. The van der Waals surface area contributed by atoms with E-state index in [-0.39, 0.29) is 0 Å². The Hall–Kier alpha value is -2.55. The second kappa shape index (κ2) is 4.61. The van der Waals surface area contributed by atoms with Crippen LogP contribution in [-0.4, -0.2) is 4.98 Å². The molecular formula is C16H14N2O. The van der Waals surface area contributed by atoms with Crippen LogP contribution < -0.4 is 10.5 Å². The van der Waals surface area contributed by atoms with Crippen molar-refractivity contribution in [3.63, 3.8) is 0 Å². The molecule has 0 radical (unpaired) electrons. The number of ether oxygens (including phenoxy) is 1. The highest BCUT2D eigenvalue weighted by Crippen LogP contribution is 2.32. The molecular weight excluding hydrogens is 236 g/mol. The fourth-order valence-electron chi connectivity index (χ4n) is 2.05. The molecule has 3 aromatic rings. The van der Waals surface area contributed by atoms with Crippen molar-refractivity contribution in [3.05, 3.63) is 60.3 Å². The van der Waals surface area contributed by atoms with Crippen LogP contribution in [0.25, 0.3) is 10.9 Å². The molecule has 0 unspecified atom stereocenters. The molecule has 2 aromatic carbocycles. The fraction of sp³-hybridized carbons (Fsp3) is 0.0625. The van der Waals surface area contributed by atoms with E-state index in [9.17, 15) is 0 Å². The molecule has 19 heavy (non-hydrogen) atoms. The van der Waals surface area contributed by atoms with E-state index in [0.717, 1.165) is 22.2 Å². The van der Waals surface area contributed by atoms with Crippen molar-refractivity contribution in [3.8, 4) is 11.5 Å². The first-order valence-electron chi connectivity index (χ1n) is 6.12. The number of nitrogen functional groups attached to an aromatic ring is 1. The minimum absolute atomic E-state index is 0.618. The molecule has 1 heterocycles. The minimum atomic E-state index is 0.618. The van der Waals surface area contributed by atoms with Crippen LogP contribution in [0.15, 0.2) is 54.7 Å². The maximum atomic E-state index is 6.14. The highest BCUT2D eigenvalue weighted by Gasteiger charge is 2.07. The summed E-state index contributed by atoms with van der Waals surface area (Å²) >= 11 is 0. The van der Waals surface area contributed by atoms with Gasteiger partial charge in [-0.05, 0) is 48.9 Å². The molecule has 0 spiro atoms. The van der Waals surface area contributed by atoms with Crippen molar-refractivity contribution in [2.75, 3.05) is 5.73 Å². The third kappa shape index (κ3) is 2.22. The number of fused-ring (bicyclic) bond motifs is 1. The maximum Gasteiger partial charge on any atom is 0.151 e. The average molecular weight is 250 g/mol. The molecule has 0 aliphatic carbocycles. The van der Waals surface area contributed by atoms with Gasteiger partial charge in [-0.3, -0.25) is 4.98 Å². The number of hydrogen-bond acceptors (Lipinski definition) is 3. The van der Waals surface area contributed by atoms with E-state index in [1.807, 2.05) is 55.5 Å². The Morgan fingerprint density at radius 3 is 2.79 bits per heavy atom. The zero-order valence-corrected chi connectivity index (χ0v) is 10.6. The molecule has 0 amide bonds. The van der Waals surface area contributed by atoms with Crippen molar-refractivity contribution in [2.24, 2.45) is 0 Å². The summed E-state index contributed by atoms with van der Waals surface area (Å²) in [4.78, 5) is 4.27. The number of benzene rings is 2. The molecule has 3 rings (SSSR count). The summed E-state index contributed by atoms with van der Waals surface area (Å²) in [6, 6.07) is 15.5. The average Bonchev–Trinajstić information content (AvgIpc) is 2.42. The van der Waals surface area contributed by atoms with Crippen LogP contribution in [0.1, 0.15) is 5.56 Å². The minimum Gasteiger partial charge on any atom is -0.455 e. The predicted molar refractivity (Wildman–Crippen MR) is 77.4 cm³/mol. The lowest BCUT2D eigenvalue weighted by Crippen LogP contribution is -1.94. The van der Waals surface area contributed by atoms with E-state index in [4.69, 9.17) is 10.5 Å². The van der Waals surface area contributed by atoms with Gasteiger partial charge in [0.1, 0.15) is 5.75 Å². The number of pyridine rings is 1. The summed E-state index contributed by atoms with van der Waals surface area (Å²) in [5.41, 5.74) is 8.78. The second-order valence-corrected chi connectivity index (χ2v) is 4.47. The van der Waals surface area contributed by atoms with Gasteiger partial charge in [-0.15, -0.1) is 0 Å². The van der Waals surface area contributed by atoms with E-state index in [1.165, 1.54) is 0 Å². The molecule has 0 atom stereocenters. The summed E-state index contributed by atoms with van der Waals surface area (Å²) in [5.74, 6) is 1.45. The predicted octanol–water partition coefficient (Wildman–Crippen LogP) is 3.92. The van der Waals surface area contributed by atoms with E-state index >= 15 is 0 Å². The molecule has 0 saturated heterocycles. The Balaban J connectivity index is 2.04. The Labute approximate surface area is 111 Å². The van der Waals surface area contributed by atoms with Gasteiger partial charge >= 0.3 is 0 Å². The summed E-state index contributed by atoms with van der Waals surface area (Å²) in [6.07, 6.45) is 1.75. The van der Waals surface area contributed by atoms with Crippen LogP contribution in [-0.2, 0) is 0 Å². The molecule has 94 valence electrons. The van der Waals surface area contributed by atoms with Gasteiger partial charge in [0, 0.05) is 11.6 Å². The summed E-state index contributed by atoms with van der Waals surface area (Å²) < 4.78 is 5.85. The third-order valence-corrected chi connectivity index (χ3v) is 3.00. The summed E-state index contributed by atoms with van der Waals surface area (Å²) in [7, 11) is 0. The van der Waals surface area contributed by atoms with Crippen LogP contribution in [0.2, 0.25) is 0 Å². The highest BCUT2D eigenvalue weighted by atomic mass is 16.5. The van der Waals surface area contributed by atoms with Gasteiger partial charge in [-0.1, -0.05) is 12.1 Å². The summed E-state index contributed by atoms with van der Waals surface area (Å²) in [5, 5.41) is 0.910. The van der Waals surface area contributed by atoms with Gasteiger partial charge in [0.25, 0.3) is 0 Å². The van der Waals surface area contributed by atoms with E-state index in [2.05, 4.69) is 4.98 Å². The first-order chi connectivity index (χ1) is 9.24. The number of aromatic nitrogens is 1. The molecule has 0 fully saturated rings. The van der Waals surface area contributed by atoms with Crippen LogP contribution in [0.3, 0.4) is 0 Å². The van der Waals surface area contributed by atoms with Gasteiger partial charge < -0.3 is 10.5 Å². The topological polar surface area (TPSA) is 48.1 Å². The zero-order chi connectivity index (χ0) is 13.2. The van der Waals surface area contributed by atoms with Crippen molar-refractivity contribution in [1.82, 2.24) is 4.98 Å². The second-order valence-electron chi connectivity index (χ2n) is 4.47. The lowest BCUT2D eigenvalue weighted by Gasteiger charge is -2.10. The molecule has 1 aromatic heterocycles. The van der Waals surface area contributed by atoms with Crippen LogP contribution >= 0.6 is 0 Å². The molecule has 0 saturated carbocycles. The van der Waals surface area contributed by atoms with Gasteiger partial charge in [-0.25, -0.2) is 0 Å². The van der Waals surface area contributed by atoms with Crippen molar-refractivity contribution in [1.29, 1.82) is 0 Å². The lowest BCUT2D eigenvalue weighted by molar-refractivity contribution is 0.485. The highest BCUT2D eigenvalue weighted by molar-refractivity contribution is 5.93. The fourth-order valence-corrected chi connectivity index (χ4v) is 2.05. The summed E-state index contributed by atoms with van der Waals surface area (Å²) in [6.45, 7) is 2.03. The first-order valence-corrected chi connectivity index (χ1v) is 6.12. The third-order valence-electron chi connectivity index (χ3n) is 3.00. The maximum absolute atomic E-state index is 6.14. The Kier molecular flexibility index (Phi) is 2.80. The van der Waals surface area contributed by atoms with E-state index in [1.54, 1.807) is 6.20 Å².